The third kappa shape index (κ3) is 4.86. The lowest BCUT2D eigenvalue weighted by atomic mass is 9.96. The summed E-state index contributed by atoms with van der Waals surface area (Å²) < 4.78 is 0. The number of rotatable bonds is 4. The fourth-order valence-electron chi connectivity index (χ4n) is 2.55. The van der Waals surface area contributed by atoms with Gasteiger partial charge < -0.3 is 0 Å². The van der Waals surface area contributed by atoms with Crippen molar-refractivity contribution in [2.24, 2.45) is 0 Å². The van der Waals surface area contributed by atoms with Crippen LogP contribution >= 0.6 is 22.9 Å². The van der Waals surface area contributed by atoms with E-state index in [2.05, 4.69) is 66.6 Å². The van der Waals surface area contributed by atoms with Crippen molar-refractivity contribution in [1.29, 1.82) is 0 Å². The summed E-state index contributed by atoms with van der Waals surface area (Å²) >= 11 is 8.03. The van der Waals surface area contributed by atoms with E-state index < -0.39 is 0 Å². The highest BCUT2D eigenvalue weighted by molar-refractivity contribution is 7.10. The minimum atomic E-state index is 0.0130. The van der Waals surface area contributed by atoms with E-state index >= 15 is 0 Å². The lowest BCUT2D eigenvalue weighted by Crippen LogP contribution is -2.00. The Hall–Kier alpha value is -2.27. The molecule has 2 heteroatoms. The highest BCUT2D eigenvalue weighted by atomic mass is 35.5. The van der Waals surface area contributed by atoms with Crippen molar-refractivity contribution in [3.8, 4) is 11.8 Å². The summed E-state index contributed by atoms with van der Waals surface area (Å²) in [5, 5.41) is 2.09. The Kier molecular flexibility index (Phi) is 6.12. The van der Waals surface area contributed by atoms with E-state index in [4.69, 9.17) is 11.6 Å². The van der Waals surface area contributed by atoms with E-state index in [-0.39, 0.29) is 5.92 Å². The quantitative estimate of drug-likeness (QED) is 0.366. The zero-order valence-corrected chi connectivity index (χ0v) is 15.6. The van der Waals surface area contributed by atoms with Crippen LogP contribution in [-0.2, 0) is 0 Å². The molecule has 0 aliphatic heterocycles. The molecule has 124 valence electrons. The van der Waals surface area contributed by atoms with Gasteiger partial charge in [0.25, 0.3) is 0 Å². The molecule has 0 amide bonds. The van der Waals surface area contributed by atoms with Crippen LogP contribution < -0.4 is 0 Å². The summed E-state index contributed by atoms with van der Waals surface area (Å²) in [6.07, 6.45) is 2.16. The van der Waals surface area contributed by atoms with Crippen LogP contribution in [0.3, 0.4) is 0 Å². The number of allylic oxidation sites excluding steroid dienone is 1. The zero-order chi connectivity index (χ0) is 17.5. The average Bonchev–Trinajstić information content (AvgIpc) is 3.18. The van der Waals surface area contributed by atoms with Crippen molar-refractivity contribution in [1.82, 2.24) is 0 Å². The van der Waals surface area contributed by atoms with E-state index in [1.807, 2.05) is 30.3 Å². The van der Waals surface area contributed by atoms with Gasteiger partial charge in [-0.15, -0.1) is 22.9 Å². The number of aryl methyl sites for hydroxylation is 1. The molecule has 1 heterocycles. The maximum atomic E-state index is 6.31. The molecule has 25 heavy (non-hydrogen) atoms. The molecule has 2 aromatic carbocycles. The maximum absolute atomic E-state index is 6.31. The van der Waals surface area contributed by atoms with Gasteiger partial charge >= 0.3 is 0 Å². The number of benzene rings is 2. The molecule has 0 nitrogen and oxygen atoms in total. The second kappa shape index (κ2) is 8.72. The summed E-state index contributed by atoms with van der Waals surface area (Å²) in [6.45, 7) is 2.09. The average molecular weight is 363 g/mol. The second-order valence-corrected chi connectivity index (χ2v) is 7.09. The van der Waals surface area contributed by atoms with E-state index in [0.717, 1.165) is 16.7 Å². The Morgan fingerprint density at radius 3 is 2.44 bits per heavy atom. The highest BCUT2D eigenvalue weighted by Gasteiger charge is 2.15. The Labute approximate surface area is 158 Å². The summed E-state index contributed by atoms with van der Waals surface area (Å²) in [4.78, 5) is 1.22. The van der Waals surface area contributed by atoms with Crippen LogP contribution in [0.4, 0.5) is 0 Å². The van der Waals surface area contributed by atoms with Gasteiger partial charge in [0.1, 0.15) is 0 Å². The molecule has 3 rings (SSSR count). The van der Waals surface area contributed by atoms with Gasteiger partial charge in [0, 0.05) is 16.3 Å². The Morgan fingerprint density at radius 1 is 1.04 bits per heavy atom. The Morgan fingerprint density at radius 2 is 1.80 bits per heavy atom. The number of hydrogen-bond acceptors (Lipinski definition) is 1. The van der Waals surface area contributed by atoms with Crippen LogP contribution in [0.5, 0.6) is 0 Å². The molecule has 3 aromatic rings. The van der Waals surface area contributed by atoms with Gasteiger partial charge in [-0.2, -0.15) is 0 Å². The Bertz CT molecular complexity index is 879. The molecular formula is C23H19ClS. The molecule has 0 spiro atoms. The second-order valence-electron chi connectivity index (χ2n) is 5.85. The summed E-state index contributed by atoms with van der Waals surface area (Å²) in [7, 11) is 0. The van der Waals surface area contributed by atoms with Crippen molar-refractivity contribution in [2.45, 2.75) is 12.8 Å². The molecule has 1 unspecified atom stereocenters. The molecule has 1 aromatic heterocycles. The van der Waals surface area contributed by atoms with Crippen LogP contribution in [0.15, 0.2) is 77.7 Å². The number of halogens is 1. The van der Waals surface area contributed by atoms with Crippen LogP contribution in [-0.4, -0.2) is 5.88 Å². The fraction of sp³-hybridized carbons (Fsp3) is 0.130. The van der Waals surface area contributed by atoms with Gasteiger partial charge in [0.15, 0.2) is 0 Å². The fourth-order valence-corrected chi connectivity index (χ4v) is 3.60. The molecule has 0 saturated heterocycles. The molecule has 1 atom stereocenters. The van der Waals surface area contributed by atoms with Gasteiger partial charge in [-0.25, -0.2) is 0 Å². The molecule has 0 saturated carbocycles. The van der Waals surface area contributed by atoms with Crippen molar-refractivity contribution in [3.63, 3.8) is 0 Å². The highest BCUT2D eigenvalue weighted by Crippen LogP contribution is 2.30. The number of thiophene rings is 1. The standard InChI is InChI=1S/C23H19ClS/c1-18-9-11-20(12-10-18)16-21(17-24)22(23-8-5-15-25-23)14-13-19-6-3-2-4-7-19/h2-12,15-16,22H,17H2,1H3/b21-16+. The lowest BCUT2D eigenvalue weighted by molar-refractivity contribution is 1.07. The van der Waals surface area contributed by atoms with Gasteiger partial charge in [-0.3, -0.25) is 0 Å². The first-order valence-electron chi connectivity index (χ1n) is 8.19. The smallest absolute Gasteiger partial charge is 0.0773 e. The van der Waals surface area contributed by atoms with Crippen LogP contribution in [0.1, 0.15) is 27.5 Å². The summed E-state index contributed by atoms with van der Waals surface area (Å²) in [5.74, 6) is 7.20. The molecule has 0 aliphatic rings. The van der Waals surface area contributed by atoms with E-state index in [1.165, 1.54) is 10.4 Å². The lowest BCUT2D eigenvalue weighted by Gasteiger charge is -2.12. The SMILES string of the molecule is Cc1ccc(/C=C(\CCl)C(C#Cc2ccccc2)c2cccs2)cc1. The first kappa shape index (κ1) is 17.5. The van der Waals surface area contributed by atoms with Gasteiger partial charge in [-0.1, -0.05) is 72.0 Å². The molecular weight excluding hydrogens is 344 g/mol. The van der Waals surface area contributed by atoms with E-state index in [0.29, 0.717) is 5.88 Å². The van der Waals surface area contributed by atoms with E-state index in [9.17, 15) is 0 Å². The molecule has 0 radical (unpaired) electrons. The van der Waals surface area contributed by atoms with Crippen LogP contribution in [0, 0.1) is 18.8 Å². The van der Waals surface area contributed by atoms with Gasteiger partial charge in [-0.05, 0) is 41.6 Å². The predicted octanol–water partition coefficient (Wildman–Crippen LogP) is 6.51. The van der Waals surface area contributed by atoms with Crippen molar-refractivity contribution in [3.05, 3.63) is 99.3 Å². The Balaban J connectivity index is 1.98. The molecule has 0 bridgehead atoms. The molecule has 0 N–H and O–H groups in total. The van der Waals surface area contributed by atoms with Gasteiger partial charge in [0.2, 0.25) is 0 Å². The van der Waals surface area contributed by atoms with Gasteiger partial charge in [0.05, 0.1) is 5.92 Å². The third-order valence-corrected chi connectivity index (χ3v) is 5.16. The third-order valence-electron chi connectivity index (χ3n) is 3.92. The minimum Gasteiger partial charge on any atom is -0.147 e. The monoisotopic (exact) mass is 362 g/mol. The predicted molar refractivity (Wildman–Crippen MR) is 110 cm³/mol. The number of hydrogen-bond donors (Lipinski definition) is 0. The summed E-state index contributed by atoms with van der Waals surface area (Å²) in [6, 6.07) is 22.8. The van der Waals surface area contributed by atoms with E-state index in [1.54, 1.807) is 11.3 Å². The molecule has 0 aliphatic carbocycles. The number of alkyl halides is 1. The molecule has 0 fully saturated rings. The largest absolute Gasteiger partial charge is 0.147 e. The van der Waals surface area contributed by atoms with Crippen molar-refractivity contribution >= 4 is 29.0 Å². The topological polar surface area (TPSA) is 0 Å². The maximum Gasteiger partial charge on any atom is 0.0773 e. The summed E-state index contributed by atoms with van der Waals surface area (Å²) in [5.41, 5.74) is 4.55. The zero-order valence-electron chi connectivity index (χ0n) is 14.1. The van der Waals surface area contributed by atoms with Crippen molar-refractivity contribution in [2.75, 3.05) is 5.88 Å². The van der Waals surface area contributed by atoms with Crippen molar-refractivity contribution < 1.29 is 0 Å². The van der Waals surface area contributed by atoms with Crippen LogP contribution in [0.2, 0.25) is 0 Å². The minimum absolute atomic E-state index is 0.0130. The normalized spacial score (nSPS) is 12.3. The first-order chi connectivity index (χ1) is 12.3. The van der Waals surface area contributed by atoms with Crippen LogP contribution in [0.25, 0.3) is 6.08 Å². The first-order valence-corrected chi connectivity index (χ1v) is 9.61.